The van der Waals surface area contributed by atoms with Gasteiger partial charge in [0.1, 0.15) is 17.1 Å². The average molecular weight is 329 g/mol. The molecule has 3 rings (SSSR count). The van der Waals surface area contributed by atoms with Crippen molar-refractivity contribution in [3.63, 3.8) is 0 Å². The van der Waals surface area contributed by atoms with Gasteiger partial charge in [-0.15, -0.1) is 0 Å². The van der Waals surface area contributed by atoms with Crippen molar-refractivity contribution < 1.29 is 23.3 Å². The van der Waals surface area contributed by atoms with E-state index in [4.69, 9.17) is 13.6 Å². The van der Waals surface area contributed by atoms with Crippen LogP contribution >= 0.6 is 0 Å². The van der Waals surface area contributed by atoms with Crippen LogP contribution in [-0.4, -0.2) is 10.9 Å². The Labute approximate surface area is 134 Å². The second-order valence-corrected chi connectivity index (χ2v) is 5.06. The number of nitro groups is 1. The first-order chi connectivity index (χ1) is 11.4. The summed E-state index contributed by atoms with van der Waals surface area (Å²) in [6, 6.07) is 8.75. The highest BCUT2D eigenvalue weighted by atomic mass is 16.7. The van der Waals surface area contributed by atoms with Crippen LogP contribution in [0, 0.1) is 17.0 Å². The fraction of sp³-hybridized carbons (Fsp3) is 0.125. The molecule has 8 nitrogen and oxygen atoms in total. The number of rotatable bonds is 4. The normalized spacial score (nSPS) is 10.7. The van der Waals surface area contributed by atoms with Gasteiger partial charge in [0.05, 0.1) is 6.07 Å². The molecule has 0 unspecified atom stereocenters. The molecule has 0 saturated carbocycles. The number of ether oxygens (including phenoxy) is 1. The zero-order valence-corrected chi connectivity index (χ0v) is 12.5. The SMILES string of the molecule is Cc1ccc2c(COC(=O)c3ccc([N+](=O)[O-])o3)cc(=O)oc2c1. The third-order valence-electron chi connectivity index (χ3n) is 3.32. The maximum Gasteiger partial charge on any atom is 0.433 e. The van der Waals surface area contributed by atoms with Gasteiger partial charge in [-0.2, -0.15) is 0 Å². The minimum absolute atomic E-state index is 0.196. The number of hydrogen-bond acceptors (Lipinski definition) is 7. The van der Waals surface area contributed by atoms with E-state index in [1.54, 1.807) is 12.1 Å². The van der Waals surface area contributed by atoms with Crippen LogP contribution in [0.5, 0.6) is 0 Å². The highest BCUT2D eigenvalue weighted by molar-refractivity contribution is 5.87. The summed E-state index contributed by atoms with van der Waals surface area (Å²) in [4.78, 5) is 33.3. The van der Waals surface area contributed by atoms with Crippen molar-refractivity contribution in [1.29, 1.82) is 0 Å². The molecule has 0 aliphatic carbocycles. The van der Waals surface area contributed by atoms with E-state index in [1.165, 1.54) is 6.07 Å². The van der Waals surface area contributed by atoms with Gasteiger partial charge in [-0.25, -0.2) is 9.59 Å². The number of esters is 1. The van der Waals surface area contributed by atoms with Crippen LogP contribution in [0.25, 0.3) is 11.0 Å². The number of carbonyl (C=O) groups excluding carboxylic acids is 1. The monoisotopic (exact) mass is 329 g/mol. The number of nitrogens with zero attached hydrogens (tertiary/aromatic N) is 1. The smallest absolute Gasteiger partial charge is 0.433 e. The fourth-order valence-corrected chi connectivity index (χ4v) is 2.21. The molecule has 2 heterocycles. The second kappa shape index (κ2) is 5.99. The van der Waals surface area contributed by atoms with Crippen LogP contribution in [0.2, 0.25) is 0 Å². The molecule has 24 heavy (non-hydrogen) atoms. The summed E-state index contributed by atoms with van der Waals surface area (Å²) in [5.41, 5.74) is 1.22. The van der Waals surface area contributed by atoms with Crippen molar-refractivity contribution in [2.24, 2.45) is 0 Å². The lowest BCUT2D eigenvalue weighted by atomic mass is 10.1. The fourth-order valence-electron chi connectivity index (χ4n) is 2.21. The van der Waals surface area contributed by atoms with E-state index in [-0.39, 0.29) is 12.4 Å². The molecule has 0 bridgehead atoms. The topological polar surface area (TPSA) is 113 Å². The second-order valence-electron chi connectivity index (χ2n) is 5.06. The Kier molecular flexibility index (Phi) is 3.87. The van der Waals surface area contributed by atoms with Crippen LogP contribution in [0.3, 0.4) is 0 Å². The largest absolute Gasteiger partial charge is 0.455 e. The maximum atomic E-state index is 11.9. The molecule has 0 N–H and O–H groups in total. The Hall–Kier alpha value is -3.42. The van der Waals surface area contributed by atoms with Crippen LogP contribution in [0.1, 0.15) is 21.7 Å². The Balaban J connectivity index is 1.83. The number of carbonyl (C=O) groups is 1. The van der Waals surface area contributed by atoms with E-state index in [0.29, 0.717) is 16.5 Å². The highest BCUT2D eigenvalue weighted by Crippen LogP contribution is 2.21. The Morgan fingerprint density at radius 3 is 2.71 bits per heavy atom. The lowest BCUT2D eigenvalue weighted by molar-refractivity contribution is -0.402. The molecule has 3 aromatic rings. The number of hydrogen-bond donors (Lipinski definition) is 0. The van der Waals surface area contributed by atoms with Gasteiger partial charge < -0.3 is 13.6 Å². The molecule has 0 aliphatic heterocycles. The van der Waals surface area contributed by atoms with Crippen LogP contribution < -0.4 is 5.63 Å². The first kappa shape index (κ1) is 15.5. The van der Waals surface area contributed by atoms with Gasteiger partial charge in [0.15, 0.2) is 0 Å². The van der Waals surface area contributed by atoms with Gasteiger partial charge in [-0.3, -0.25) is 10.1 Å². The van der Waals surface area contributed by atoms with Crippen LogP contribution in [0.4, 0.5) is 5.88 Å². The summed E-state index contributed by atoms with van der Waals surface area (Å²) in [7, 11) is 0. The van der Waals surface area contributed by atoms with E-state index in [2.05, 4.69) is 0 Å². The van der Waals surface area contributed by atoms with Gasteiger partial charge in [-0.05, 0) is 24.6 Å². The number of furan rings is 1. The van der Waals surface area contributed by atoms with Crippen molar-refractivity contribution in [2.75, 3.05) is 0 Å². The molecule has 2 aromatic heterocycles. The summed E-state index contributed by atoms with van der Waals surface area (Å²) in [5, 5.41) is 11.2. The van der Waals surface area contributed by atoms with Crippen molar-refractivity contribution in [2.45, 2.75) is 13.5 Å². The summed E-state index contributed by atoms with van der Waals surface area (Å²) < 4.78 is 14.9. The quantitative estimate of drug-likeness (QED) is 0.313. The van der Waals surface area contributed by atoms with Gasteiger partial charge in [0.2, 0.25) is 5.76 Å². The van der Waals surface area contributed by atoms with E-state index in [1.807, 2.05) is 13.0 Å². The summed E-state index contributed by atoms with van der Waals surface area (Å²) >= 11 is 0. The number of fused-ring (bicyclic) bond motifs is 1. The summed E-state index contributed by atoms with van der Waals surface area (Å²) in [6.07, 6.45) is 0. The van der Waals surface area contributed by atoms with Crippen LogP contribution in [-0.2, 0) is 11.3 Å². The minimum atomic E-state index is -0.864. The molecule has 0 saturated heterocycles. The molecule has 0 radical (unpaired) electrons. The zero-order chi connectivity index (χ0) is 17.3. The van der Waals surface area contributed by atoms with Gasteiger partial charge in [0.25, 0.3) is 0 Å². The molecule has 0 amide bonds. The molecule has 0 spiro atoms. The van der Waals surface area contributed by atoms with Crippen LogP contribution in [0.15, 0.2) is 50.0 Å². The van der Waals surface area contributed by atoms with Crippen molar-refractivity contribution in [3.8, 4) is 0 Å². The first-order valence-corrected chi connectivity index (χ1v) is 6.89. The molecular weight excluding hydrogens is 318 g/mol. The Morgan fingerprint density at radius 1 is 1.21 bits per heavy atom. The van der Waals surface area contributed by atoms with Gasteiger partial charge in [-0.1, -0.05) is 12.1 Å². The zero-order valence-electron chi connectivity index (χ0n) is 12.5. The molecule has 0 atom stereocenters. The summed E-state index contributed by atoms with van der Waals surface area (Å²) in [5.74, 6) is -1.70. The standard InChI is InChI=1S/C16H11NO7/c1-9-2-3-11-10(7-15(18)24-13(11)6-9)8-22-16(19)12-4-5-14(23-12)17(20)21/h2-7H,8H2,1H3. The third kappa shape index (κ3) is 3.02. The van der Waals surface area contributed by atoms with Gasteiger partial charge >= 0.3 is 17.5 Å². The average Bonchev–Trinajstić information content (AvgIpc) is 3.02. The van der Waals surface area contributed by atoms with Crippen molar-refractivity contribution >= 4 is 22.8 Å². The molecular formula is C16H11NO7. The first-order valence-electron chi connectivity index (χ1n) is 6.89. The molecule has 0 aliphatic rings. The molecule has 1 aromatic carbocycles. The van der Waals surface area contributed by atoms with E-state index < -0.39 is 22.4 Å². The highest BCUT2D eigenvalue weighted by Gasteiger charge is 2.19. The summed E-state index contributed by atoms with van der Waals surface area (Å²) in [6.45, 7) is 1.66. The third-order valence-corrected chi connectivity index (χ3v) is 3.32. The lowest BCUT2D eigenvalue weighted by Gasteiger charge is -2.06. The van der Waals surface area contributed by atoms with Crippen molar-refractivity contribution in [1.82, 2.24) is 0 Å². The minimum Gasteiger partial charge on any atom is -0.455 e. The molecule has 122 valence electrons. The molecule has 8 heteroatoms. The maximum absolute atomic E-state index is 11.9. The molecule has 0 fully saturated rings. The predicted molar refractivity (Wildman–Crippen MR) is 81.7 cm³/mol. The lowest BCUT2D eigenvalue weighted by Crippen LogP contribution is -2.07. The Bertz CT molecular complexity index is 999. The van der Waals surface area contributed by atoms with E-state index in [0.717, 1.165) is 17.7 Å². The van der Waals surface area contributed by atoms with E-state index >= 15 is 0 Å². The van der Waals surface area contributed by atoms with Gasteiger partial charge in [0, 0.05) is 17.0 Å². The van der Waals surface area contributed by atoms with Crippen molar-refractivity contribution in [3.05, 3.63) is 73.8 Å². The number of benzene rings is 1. The number of aryl methyl sites for hydroxylation is 1. The Morgan fingerprint density at radius 2 is 2.00 bits per heavy atom. The predicted octanol–water partition coefficient (Wildman–Crippen LogP) is 2.96. The van der Waals surface area contributed by atoms with E-state index in [9.17, 15) is 19.7 Å².